The molecule has 0 bridgehead atoms. The summed E-state index contributed by atoms with van der Waals surface area (Å²) in [6.45, 7) is 11.9. The summed E-state index contributed by atoms with van der Waals surface area (Å²) in [5.41, 5.74) is 1.95. The van der Waals surface area contributed by atoms with Gasteiger partial charge in [-0.25, -0.2) is 0 Å². The maximum atomic E-state index is 11.6. The molecule has 0 saturated carbocycles. The van der Waals surface area contributed by atoms with Gasteiger partial charge in [0.2, 0.25) is 5.91 Å². The summed E-state index contributed by atoms with van der Waals surface area (Å²) in [5.74, 6) is 0.483. The second-order valence-corrected chi connectivity index (χ2v) is 4.34. The van der Waals surface area contributed by atoms with Crippen LogP contribution in [0.5, 0.6) is 0 Å². The number of carbonyl (C=O) groups is 1. The standard InChI is InChI=1S/C14H23NO/c1-6-12(5)10-14(16)15-13(7-2)9-8-11(3)4/h7-9,12H,2,6,10H2,1,3-5H3,(H,15,16)/b13-9+. The highest BCUT2D eigenvalue weighted by atomic mass is 16.1. The molecule has 0 aliphatic rings. The molecule has 0 aliphatic heterocycles. The summed E-state index contributed by atoms with van der Waals surface area (Å²) >= 11 is 0. The Morgan fingerprint density at radius 1 is 1.38 bits per heavy atom. The quantitative estimate of drug-likeness (QED) is 0.682. The zero-order valence-electron chi connectivity index (χ0n) is 10.8. The highest BCUT2D eigenvalue weighted by Crippen LogP contribution is 2.06. The first-order valence-corrected chi connectivity index (χ1v) is 5.77. The molecule has 90 valence electrons. The van der Waals surface area contributed by atoms with E-state index in [9.17, 15) is 4.79 Å². The lowest BCUT2D eigenvalue weighted by atomic mass is 10.1. The molecular weight excluding hydrogens is 198 g/mol. The van der Waals surface area contributed by atoms with Crippen molar-refractivity contribution >= 4 is 5.91 Å². The molecular formula is C14H23NO. The van der Waals surface area contributed by atoms with Gasteiger partial charge in [-0.2, -0.15) is 0 Å². The van der Waals surface area contributed by atoms with Crippen LogP contribution in [0.1, 0.15) is 40.5 Å². The number of allylic oxidation sites excluding steroid dienone is 4. The predicted octanol–water partition coefficient (Wildman–Crippen LogP) is 3.57. The molecule has 1 N–H and O–H groups in total. The van der Waals surface area contributed by atoms with Crippen molar-refractivity contribution in [2.24, 2.45) is 5.92 Å². The Bertz CT molecular complexity index is 296. The van der Waals surface area contributed by atoms with Crippen LogP contribution in [0.3, 0.4) is 0 Å². The molecule has 0 heterocycles. The van der Waals surface area contributed by atoms with Crippen molar-refractivity contribution in [1.29, 1.82) is 0 Å². The zero-order chi connectivity index (χ0) is 12.6. The van der Waals surface area contributed by atoms with Gasteiger partial charge in [-0.1, -0.05) is 38.5 Å². The van der Waals surface area contributed by atoms with Crippen molar-refractivity contribution in [3.63, 3.8) is 0 Å². The first-order chi connectivity index (χ1) is 7.49. The van der Waals surface area contributed by atoms with Crippen molar-refractivity contribution in [3.05, 3.63) is 36.1 Å². The van der Waals surface area contributed by atoms with Crippen LogP contribution in [0.15, 0.2) is 36.1 Å². The van der Waals surface area contributed by atoms with E-state index in [1.165, 1.54) is 5.57 Å². The molecule has 1 unspecified atom stereocenters. The van der Waals surface area contributed by atoms with Crippen molar-refractivity contribution in [2.75, 3.05) is 0 Å². The molecule has 2 heteroatoms. The molecule has 1 amide bonds. The zero-order valence-corrected chi connectivity index (χ0v) is 10.8. The second kappa shape index (κ2) is 7.91. The Kier molecular flexibility index (Phi) is 7.27. The van der Waals surface area contributed by atoms with E-state index in [1.54, 1.807) is 6.08 Å². The van der Waals surface area contributed by atoms with Crippen LogP contribution in [0.2, 0.25) is 0 Å². The molecule has 16 heavy (non-hydrogen) atoms. The number of amides is 1. The summed E-state index contributed by atoms with van der Waals surface area (Å²) in [4.78, 5) is 11.6. The van der Waals surface area contributed by atoms with Gasteiger partial charge in [-0.15, -0.1) is 0 Å². The largest absolute Gasteiger partial charge is 0.326 e. The minimum atomic E-state index is 0.0580. The van der Waals surface area contributed by atoms with E-state index in [0.29, 0.717) is 12.3 Å². The molecule has 0 aliphatic carbocycles. The summed E-state index contributed by atoms with van der Waals surface area (Å²) in [6, 6.07) is 0. The van der Waals surface area contributed by atoms with Crippen molar-refractivity contribution < 1.29 is 4.79 Å². The topological polar surface area (TPSA) is 29.1 Å². The highest BCUT2D eigenvalue weighted by Gasteiger charge is 2.07. The molecule has 0 aromatic carbocycles. The fraction of sp³-hybridized carbons (Fsp3) is 0.500. The van der Waals surface area contributed by atoms with E-state index < -0.39 is 0 Å². The van der Waals surface area contributed by atoms with Crippen LogP contribution < -0.4 is 5.32 Å². The number of hydrogen-bond donors (Lipinski definition) is 1. The van der Waals surface area contributed by atoms with Gasteiger partial charge in [0.15, 0.2) is 0 Å². The van der Waals surface area contributed by atoms with Crippen LogP contribution in [-0.2, 0) is 4.79 Å². The lowest BCUT2D eigenvalue weighted by molar-refractivity contribution is -0.121. The normalized spacial score (nSPS) is 12.9. The van der Waals surface area contributed by atoms with E-state index in [2.05, 4.69) is 25.7 Å². The Labute approximate surface area is 99.1 Å². The Hall–Kier alpha value is -1.31. The average Bonchev–Trinajstić information content (AvgIpc) is 2.23. The summed E-state index contributed by atoms with van der Waals surface area (Å²) < 4.78 is 0. The van der Waals surface area contributed by atoms with E-state index >= 15 is 0 Å². The van der Waals surface area contributed by atoms with Crippen LogP contribution in [0.25, 0.3) is 0 Å². The van der Waals surface area contributed by atoms with E-state index in [4.69, 9.17) is 0 Å². The minimum Gasteiger partial charge on any atom is -0.326 e. The molecule has 0 radical (unpaired) electrons. The summed E-state index contributed by atoms with van der Waals surface area (Å²) in [6.07, 6.45) is 7.08. The molecule has 1 atom stereocenters. The molecule has 0 saturated heterocycles. The third-order valence-corrected chi connectivity index (χ3v) is 2.33. The first-order valence-electron chi connectivity index (χ1n) is 5.77. The molecule has 2 nitrogen and oxygen atoms in total. The molecule has 0 fully saturated rings. The average molecular weight is 221 g/mol. The molecule has 0 aromatic rings. The van der Waals surface area contributed by atoms with Crippen LogP contribution in [0, 0.1) is 5.92 Å². The van der Waals surface area contributed by atoms with Gasteiger partial charge in [-0.3, -0.25) is 4.79 Å². The molecule has 0 aromatic heterocycles. The highest BCUT2D eigenvalue weighted by molar-refractivity contribution is 5.78. The monoisotopic (exact) mass is 221 g/mol. The lowest BCUT2D eigenvalue weighted by Crippen LogP contribution is -2.23. The van der Waals surface area contributed by atoms with Crippen molar-refractivity contribution in [1.82, 2.24) is 5.32 Å². The SMILES string of the molecule is C=C/C(=C\C=C(C)C)NC(=O)CC(C)CC. The lowest BCUT2D eigenvalue weighted by Gasteiger charge is -2.09. The smallest absolute Gasteiger partial charge is 0.224 e. The number of rotatable bonds is 6. The van der Waals surface area contributed by atoms with Gasteiger partial charge < -0.3 is 5.32 Å². The Morgan fingerprint density at radius 3 is 2.44 bits per heavy atom. The van der Waals surface area contributed by atoms with Crippen molar-refractivity contribution in [3.8, 4) is 0 Å². The molecule has 0 rings (SSSR count). The summed E-state index contributed by atoms with van der Waals surface area (Å²) in [7, 11) is 0. The van der Waals surface area contributed by atoms with Gasteiger partial charge in [0.25, 0.3) is 0 Å². The number of carbonyl (C=O) groups excluding carboxylic acids is 1. The van der Waals surface area contributed by atoms with Gasteiger partial charge >= 0.3 is 0 Å². The van der Waals surface area contributed by atoms with E-state index in [0.717, 1.165) is 12.1 Å². The van der Waals surface area contributed by atoms with Crippen LogP contribution in [0.4, 0.5) is 0 Å². The fourth-order valence-corrected chi connectivity index (χ4v) is 1.09. The predicted molar refractivity (Wildman–Crippen MR) is 69.9 cm³/mol. The first kappa shape index (κ1) is 14.7. The maximum absolute atomic E-state index is 11.6. The van der Waals surface area contributed by atoms with Gasteiger partial charge in [0.05, 0.1) is 0 Å². The third kappa shape index (κ3) is 7.04. The second-order valence-electron chi connectivity index (χ2n) is 4.34. The number of nitrogens with one attached hydrogen (secondary N) is 1. The Morgan fingerprint density at radius 2 is 2.00 bits per heavy atom. The van der Waals surface area contributed by atoms with Crippen LogP contribution >= 0.6 is 0 Å². The number of hydrogen-bond acceptors (Lipinski definition) is 1. The maximum Gasteiger partial charge on any atom is 0.224 e. The summed E-state index contributed by atoms with van der Waals surface area (Å²) in [5, 5.41) is 2.85. The van der Waals surface area contributed by atoms with Gasteiger partial charge in [0, 0.05) is 12.1 Å². The fourth-order valence-electron chi connectivity index (χ4n) is 1.09. The van der Waals surface area contributed by atoms with E-state index in [1.807, 2.05) is 26.0 Å². The molecule has 0 spiro atoms. The van der Waals surface area contributed by atoms with Crippen molar-refractivity contribution in [2.45, 2.75) is 40.5 Å². The third-order valence-electron chi connectivity index (χ3n) is 2.33. The van der Waals surface area contributed by atoms with Gasteiger partial charge in [0.1, 0.15) is 0 Å². The van der Waals surface area contributed by atoms with E-state index in [-0.39, 0.29) is 5.91 Å². The van der Waals surface area contributed by atoms with Crippen LogP contribution in [-0.4, -0.2) is 5.91 Å². The Balaban J connectivity index is 4.33. The van der Waals surface area contributed by atoms with Gasteiger partial charge in [-0.05, 0) is 31.9 Å². The minimum absolute atomic E-state index is 0.0580.